The number of thiazole rings is 1. The minimum Gasteiger partial charge on any atom is -0.480 e. The largest absolute Gasteiger partial charge is 0.480 e. The van der Waals surface area contributed by atoms with E-state index >= 15 is 0 Å². The molecule has 0 spiro atoms. The number of carbonyl (C=O) groups excluding carboxylic acids is 1. The Balaban J connectivity index is 1.88. The van der Waals surface area contributed by atoms with Crippen LogP contribution in [-0.2, 0) is 16.0 Å². The van der Waals surface area contributed by atoms with Crippen molar-refractivity contribution in [3.8, 4) is 5.75 Å². The Morgan fingerprint density at radius 2 is 1.91 bits per heavy atom. The van der Waals surface area contributed by atoms with Crippen molar-refractivity contribution in [1.29, 1.82) is 0 Å². The topological polar surface area (TPSA) is 76.6 Å². The molecule has 0 N–H and O–H groups in total. The molecular weight excluding hydrogens is 498 g/mol. The smallest absolute Gasteiger partial charge is 0.443 e. The number of aromatic nitrogens is 1. The Labute approximate surface area is 189 Å². The number of nitrogens with zero attached hydrogens (tertiary/aromatic N) is 2. The molecule has 6 nitrogen and oxygen atoms in total. The lowest BCUT2D eigenvalue weighted by Gasteiger charge is -2.22. The SMILES string of the molecule is C[C@@H](Oc1ccc(S(C)(=O)=O)cc1C(=O)N1CCC(c2csc(C(F)(F)F)n2)C1)C(F)(F)F. The van der Waals surface area contributed by atoms with Gasteiger partial charge in [0.15, 0.2) is 20.9 Å². The summed E-state index contributed by atoms with van der Waals surface area (Å²) in [5.74, 6) is -1.75. The highest BCUT2D eigenvalue weighted by Crippen LogP contribution is 2.36. The molecule has 2 atom stereocenters. The average molecular weight is 516 g/mol. The maximum absolute atomic E-state index is 13.1. The monoisotopic (exact) mass is 516 g/mol. The second-order valence-electron chi connectivity index (χ2n) is 7.54. The summed E-state index contributed by atoms with van der Waals surface area (Å²) >= 11 is 0.433. The summed E-state index contributed by atoms with van der Waals surface area (Å²) in [7, 11) is -3.78. The van der Waals surface area contributed by atoms with Crippen LogP contribution < -0.4 is 4.74 Å². The molecule has 1 amide bonds. The van der Waals surface area contributed by atoms with E-state index in [1.807, 2.05) is 0 Å². The number of amides is 1. The van der Waals surface area contributed by atoms with Crippen molar-refractivity contribution in [2.45, 2.75) is 42.6 Å². The molecule has 182 valence electrons. The predicted octanol–water partition coefficient (Wildman–Crippen LogP) is 4.52. The first-order valence-electron chi connectivity index (χ1n) is 9.46. The van der Waals surface area contributed by atoms with E-state index in [4.69, 9.17) is 4.74 Å². The fourth-order valence-electron chi connectivity index (χ4n) is 3.23. The van der Waals surface area contributed by atoms with E-state index in [0.717, 1.165) is 31.4 Å². The molecule has 0 bridgehead atoms. The van der Waals surface area contributed by atoms with Gasteiger partial charge in [-0.3, -0.25) is 4.79 Å². The number of benzene rings is 1. The Hall–Kier alpha value is -2.35. The van der Waals surface area contributed by atoms with Crippen LogP contribution in [0.2, 0.25) is 0 Å². The number of halogens is 6. The highest BCUT2D eigenvalue weighted by molar-refractivity contribution is 7.90. The third-order valence-corrected chi connectivity index (χ3v) is 7.05. The summed E-state index contributed by atoms with van der Waals surface area (Å²) in [6.07, 6.45) is -10.4. The number of likely N-dealkylation sites (tertiary alicyclic amines) is 1. The van der Waals surface area contributed by atoms with Gasteiger partial charge in [-0.2, -0.15) is 26.3 Å². The lowest BCUT2D eigenvalue weighted by molar-refractivity contribution is -0.189. The van der Waals surface area contributed by atoms with Gasteiger partial charge >= 0.3 is 12.4 Å². The lowest BCUT2D eigenvalue weighted by atomic mass is 10.1. The Kier molecular flexibility index (Phi) is 6.72. The van der Waals surface area contributed by atoms with Gasteiger partial charge in [0.1, 0.15) is 5.75 Å². The van der Waals surface area contributed by atoms with Gasteiger partial charge in [-0.25, -0.2) is 13.4 Å². The van der Waals surface area contributed by atoms with E-state index < -0.39 is 50.9 Å². The fraction of sp³-hybridized carbons (Fsp3) is 0.474. The fourth-order valence-corrected chi connectivity index (χ4v) is 4.64. The Morgan fingerprint density at radius 1 is 1.24 bits per heavy atom. The summed E-state index contributed by atoms with van der Waals surface area (Å²) in [5.41, 5.74) is -0.224. The van der Waals surface area contributed by atoms with Crippen LogP contribution >= 0.6 is 11.3 Å². The van der Waals surface area contributed by atoms with Crippen LogP contribution in [-0.4, -0.2) is 55.8 Å². The molecule has 0 aliphatic carbocycles. The van der Waals surface area contributed by atoms with Gasteiger partial charge in [0, 0.05) is 30.6 Å². The molecule has 1 aromatic carbocycles. The maximum atomic E-state index is 13.1. The van der Waals surface area contributed by atoms with Crippen molar-refractivity contribution in [2.24, 2.45) is 0 Å². The lowest BCUT2D eigenvalue weighted by Crippen LogP contribution is -2.33. The number of carbonyl (C=O) groups is 1. The molecule has 33 heavy (non-hydrogen) atoms. The zero-order valence-corrected chi connectivity index (χ0v) is 18.8. The minimum atomic E-state index is -4.73. The zero-order valence-electron chi connectivity index (χ0n) is 17.2. The molecule has 1 saturated heterocycles. The summed E-state index contributed by atoms with van der Waals surface area (Å²) in [6.45, 7) is 0.808. The number of hydrogen-bond donors (Lipinski definition) is 0. The van der Waals surface area contributed by atoms with Crippen LogP contribution in [0.25, 0.3) is 0 Å². The maximum Gasteiger partial charge on any atom is 0.443 e. The van der Waals surface area contributed by atoms with Crippen molar-refractivity contribution < 1.29 is 44.3 Å². The molecule has 14 heteroatoms. The normalized spacial score (nSPS) is 18.4. The number of alkyl halides is 6. The van der Waals surface area contributed by atoms with Crippen LogP contribution in [0, 0.1) is 0 Å². The molecule has 0 saturated carbocycles. The molecule has 1 unspecified atom stereocenters. The van der Waals surface area contributed by atoms with Gasteiger partial charge in [0.2, 0.25) is 0 Å². The van der Waals surface area contributed by atoms with Crippen LogP contribution in [0.3, 0.4) is 0 Å². The first kappa shape index (κ1) is 25.3. The second kappa shape index (κ2) is 8.78. The van der Waals surface area contributed by atoms with Crippen molar-refractivity contribution >= 4 is 27.1 Å². The highest BCUT2D eigenvalue weighted by Gasteiger charge is 2.40. The molecule has 3 rings (SSSR count). The predicted molar refractivity (Wildman–Crippen MR) is 106 cm³/mol. The van der Waals surface area contributed by atoms with Crippen LogP contribution in [0.15, 0.2) is 28.5 Å². The zero-order chi connectivity index (χ0) is 24.8. The van der Waals surface area contributed by atoms with Gasteiger partial charge in [0.25, 0.3) is 5.91 Å². The third kappa shape index (κ3) is 5.78. The Morgan fingerprint density at radius 3 is 2.45 bits per heavy atom. The quantitative estimate of drug-likeness (QED) is 0.546. The summed E-state index contributed by atoms with van der Waals surface area (Å²) in [4.78, 5) is 17.6. The van der Waals surface area contributed by atoms with E-state index in [2.05, 4.69) is 4.98 Å². The summed E-state index contributed by atoms with van der Waals surface area (Å²) in [5, 5.41) is 0.241. The molecule has 2 heterocycles. The number of hydrogen-bond acceptors (Lipinski definition) is 6. The first-order valence-corrected chi connectivity index (χ1v) is 12.2. The van der Waals surface area contributed by atoms with Gasteiger partial charge in [-0.05, 0) is 31.5 Å². The average Bonchev–Trinajstić information content (AvgIpc) is 3.35. The van der Waals surface area contributed by atoms with Crippen LogP contribution in [0.4, 0.5) is 26.3 Å². The van der Waals surface area contributed by atoms with E-state index in [0.29, 0.717) is 11.3 Å². The second-order valence-corrected chi connectivity index (χ2v) is 10.4. The van der Waals surface area contributed by atoms with E-state index in [1.54, 1.807) is 0 Å². The number of sulfone groups is 1. The van der Waals surface area contributed by atoms with Gasteiger partial charge in [0.05, 0.1) is 16.2 Å². The molecule has 1 aliphatic heterocycles. The van der Waals surface area contributed by atoms with Crippen LogP contribution in [0.5, 0.6) is 5.75 Å². The van der Waals surface area contributed by atoms with Crippen LogP contribution in [0.1, 0.15) is 40.3 Å². The highest BCUT2D eigenvalue weighted by atomic mass is 32.2. The molecule has 1 fully saturated rings. The summed E-state index contributed by atoms with van der Waals surface area (Å²) < 4.78 is 106. The van der Waals surface area contributed by atoms with Crippen molar-refractivity contribution in [3.05, 3.63) is 39.8 Å². The molecule has 0 radical (unpaired) electrons. The van der Waals surface area contributed by atoms with Crippen molar-refractivity contribution in [1.82, 2.24) is 9.88 Å². The molecule has 1 aromatic heterocycles. The van der Waals surface area contributed by atoms with Crippen molar-refractivity contribution in [3.63, 3.8) is 0 Å². The summed E-state index contributed by atoms with van der Waals surface area (Å²) in [6, 6.07) is 2.95. The van der Waals surface area contributed by atoms with Crippen molar-refractivity contribution in [2.75, 3.05) is 19.3 Å². The molecule has 2 aromatic rings. The van der Waals surface area contributed by atoms with Gasteiger partial charge in [-0.1, -0.05) is 0 Å². The van der Waals surface area contributed by atoms with E-state index in [9.17, 15) is 39.6 Å². The molecular formula is C19H18F6N2O4S2. The molecule has 1 aliphatic rings. The van der Waals surface area contributed by atoms with E-state index in [1.165, 1.54) is 10.3 Å². The standard InChI is InChI=1S/C19H18F6N2O4S2/c1-10(18(20,21)22)31-15-4-3-12(33(2,29)30)7-13(15)16(28)27-6-5-11(8-27)14-9-32-17(26-14)19(23,24)25/h3-4,7,9-11H,5-6,8H2,1-2H3/t10-,11?/m1/s1. The van der Waals surface area contributed by atoms with Gasteiger partial charge < -0.3 is 9.64 Å². The number of rotatable bonds is 5. The Bertz CT molecular complexity index is 1140. The van der Waals surface area contributed by atoms with E-state index in [-0.39, 0.29) is 35.7 Å². The minimum absolute atomic E-state index is 0.0305. The number of ether oxygens (including phenoxy) is 1. The third-order valence-electron chi connectivity index (χ3n) is 5.03. The first-order chi connectivity index (χ1) is 15.1. The van der Waals surface area contributed by atoms with Gasteiger partial charge in [-0.15, -0.1) is 11.3 Å².